The maximum Gasteiger partial charge on any atom is 0.188 e. The molecule has 0 saturated carbocycles. The number of hydrogen-bond donors (Lipinski definition) is 0. The van der Waals surface area contributed by atoms with Crippen LogP contribution in [0, 0.1) is 12.8 Å². The Morgan fingerprint density at radius 1 is 1.21 bits per heavy atom. The Morgan fingerprint density at radius 3 is 2.05 bits per heavy atom. The van der Waals surface area contributed by atoms with Crippen molar-refractivity contribution >= 4 is 33.0 Å². The third-order valence-corrected chi connectivity index (χ3v) is 4.14. The van der Waals surface area contributed by atoms with Crippen LogP contribution < -0.4 is 9.47 Å². The van der Waals surface area contributed by atoms with Gasteiger partial charge in [0, 0.05) is 18.9 Å². The van der Waals surface area contributed by atoms with Crippen molar-refractivity contribution in [3.8, 4) is 11.5 Å². The fraction of sp³-hybridized carbons (Fsp3) is 0.500. The molecule has 1 atom stereocenters. The molecule has 0 bridgehead atoms. The quantitative estimate of drug-likeness (QED) is 0.591. The summed E-state index contributed by atoms with van der Waals surface area (Å²) in [5.74, 6) is 1.73. The predicted molar refractivity (Wildman–Crippen MR) is 82.4 cm³/mol. The molecular formula is C14H21LiO3P. The minimum absolute atomic E-state index is 0. The van der Waals surface area contributed by atoms with Gasteiger partial charge in [0.1, 0.15) is 17.1 Å². The topological polar surface area (TPSA) is 35.5 Å². The molecule has 3 nitrogen and oxygen atoms in total. The van der Waals surface area contributed by atoms with Crippen molar-refractivity contribution in [3.63, 3.8) is 0 Å². The zero-order chi connectivity index (χ0) is 13.7. The molecule has 0 aliphatic rings. The molecule has 0 saturated heterocycles. The molecule has 101 valence electrons. The molecule has 0 N–H and O–H groups in total. The Kier molecular flexibility index (Phi) is 8.42. The van der Waals surface area contributed by atoms with Crippen LogP contribution >= 0.6 is 8.58 Å². The zero-order valence-electron chi connectivity index (χ0n) is 12.7. The summed E-state index contributed by atoms with van der Waals surface area (Å²) in [6.07, 6.45) is 0.902. The van der Waals surface area contributed by atoms with Crippen molar-refractivity contribution in [3.05, 3.63) is 23.3 Å². The van der Waals surface area contributed by atoms with E-state index in [2.05, 4.69) is 13.8 Å². The first-order chi connectivity index (χ1) is 8.49. The first-order valence-electron chi connectivity index (χ1n) is 6.00. The summed E-state index contributed by atoms with van der Waals surface area (Å²) in [5.41, 5.74) is 1.70. The van der Waals surface area contributed by atoms with Crippen molar-refractivity contribution < 1.29 is 14.3 Å². The smallest absolute Gasteiger partial charge is 0.188 e. The first kappa shape index (κ1) is 18.5. The normalized spacial score (nSPS) is 10.6. The molecule has 0 heterocycles. The van der Waals surface area contributed by atoms with Gasteiger partial charge in [0.2, 0.25) is 0 Å². The second-order valence-electron chi connectivity index (χ2n) is 4.65. The molecule has 0 fully saturated rings. The number of carbonyl (C=O) groups is 1. The van der Waals surface area contributed by atoms with Gasteiger partial charge in [-0.25, -0.2) is 0 Å². The van der Waals surface area contributed by atoms with Crippen molar-refractivity contribution in [2.75, 3.05) is 20.4 Å². The summed E-state index contributed by atoms with van der Waals surface area (Å²) in [6, 6.07) is 3.74. The minimum atomic E-state index is 0. The number of ether oxygens (including phenoxy) is 2. The van der Waals surface area contributed by atoms with E-state index in [-0.39, 0.29) is 33.0 Å². The van der Waals surface area contributed by atoms with E-state index in [0.29, 0.717) is 23.0 Å². The third-order valence-electron chi connectivity index (χ3n) is 2.55. The Bertz CT molecular complexity index is 408. The molecule has 1 rings (SSSR count). The van der Waals surface area contributed by atoms with Crippen molar-refractivity contribution in [1.29, 1.82) is 0 Å². The molecule has 5 heteroatoms. The average Bonchev–Trinajstić information content (AvgIpc) is 2.34. The molecule has 0 amide bonds. The minimum Gasteiger partial charge on any atom is -0.496 e. The summed E-state index contributed by atoms with van der Waals surface area (Å²) in [5, 5.41) is 0. The molecule has 0 aliphatic heterocycles. The van der Waals surface area contributed by atoms with Crippen LogP contribution in [0.2, 0.25) is 0 Å². The van der Waals surface area contributed by atoms with Gasteiger partial charge in [0.15, 0.2) is 5.52 Å². The Morgan fingerprint density at radius 2 is 1.68 bits per heavy atom. The second kappa shape index (κ2) is 8.64. The van der Waals surface area contributed by atoms with Crippen molar-refractivity contribution in [2.45, 2.75) is 20.8 Å². The van der Waals surface area contributed by atoms with Crippen LogP contribution in [0.15, 0.2) is 12.1 Å². The Hall–Kier alpha value is -0.483. The first-order valence-corrected chi connectivity index (χ1v) is 7.21. The van der Waals surface area contributed by atoms with Gasteiger partial charge in [0.25, 0.3) is 0 Å². The molecule has 1 radical (unpaired) electrons. The Balaban J connectivity index is 0.00000324. The van der Waals surface area contributed by atoms with Crippen LogP contribution in [0.1, 0.15) is 29.8 Å². The standard InChI is InChI=1S/C14H21O3P.Li/c1-9(2)8-18-14(15)13-11(16-4)6-10(3)7-12(13)17-5;/h6-7,9,18H,8H2,1-5H3;. The second-order valence-corrected chi connectivity index (χ2v) is 5.86. The third kappa shape index (κ3) is 5.19. The molecule has 1 aromatic carbocycles. The SMILES string of the molecule is COc1cc(C)cc(OC)c1C(=O)PCC(C)C.[Li]. The molecule has 0 aliphatic carbocycles. The van der Waals surface area contributed by atoms with Gasteiger partial charge in [-0.15, -0.1) is 0 Å². The largest absolute Gasteiger partial charge is 0.496 e. The van der Waals surface area contributed by atoms with Gasteiger partial charge in [0.05, 0.1) is 14.2 Å². The van der Waals surface area contributed by atoms with Gasteiger partial charge < -0.3 is 9.47 Å². The van der Waals surface area contributed by atoms with Crippen LogP contribution in [-0.4, -0.2) is 44.8 Å². The van der Waals surface area contributed by atoms with Gasteiger partial charge in [-0.1, -0.05) is 13.8 Å². The molecule has 0 aromatic heterocycles. The maximum absolute atomic E-state index is 12.3. The number of rotatable bonds is 6. The van der Waals surface area contributed by atoms with Crippen molar-refractivity contribution in [2.24, 2.45) is 5.92 Å². The summed E-state index contributed by atoms with van der Waals surface area (Å²) in [7, 11) is 3.42. The van der Waals surface area contributed by atoms with Crippen LogP contribution in [0.4, 0.5) is 0 Å². The Labute approximate surface area is 129 Å². The summed E-state index contributed by atoms with van der Waals surface area (Å²) in [4.78, 5) is 12.3. The molecule has 1 unspecified atom stereocenters. The molecule has 19 heavy (non-hydrogen) atoms. The fourth-order valence-electron chi connectivity index (χ4n) is 1.65. The number of benzene rings is 1. The maximum atomic E-state index is 12.3. The molecule has 1 aromatic rings. The number of methoxy groups -OCH3 is 2. The van der Waals surface area contributed by atoms with Gasteiger partial charge in [-0.05, 0) is 45.3 Å². The van der Waals surface area contributed by atoms with Crippen LogP contribution in [0.5, 0.6) is 11.5 Å². The van der Waals surface area contributed by atoms with E-state index in [0.717, 1.165) is 11.7 Å². The van der Waals surface area contributed by atoms with Crippen LogP contribution in [0.3, 0.4) is 0 Å². The number of aryl methyl sites for hydroxylation is 1. The van der Waals surface area contributed by atoms with Crippen molar-refractivity contribution in [1.82, 2.24) is 0 Å². The van der Waals surface area contributed by atoms with Crippen LogP contribution in [0.25, 0.3) is 0 Å². The van der Waals surface area contributed by atoms with Gasteiger partial charge in [-0.3, -0.25) is 4.79 Å². The van der Waals surface area contributed by atoms with E-state index in [1.165, 1.54) is 0 Å². The fourth-order valence-corrected chi connectivity index (χ4v) is 2.67. The van der Waals surface area contributed by atoms with Gasteiger partial charge >= 0.3 is 0 Å². The number of carbonyl (C=O) groups excluding carboxylic acids is 1. The van der Waals surface area contributed by atoms with E-state index < -0.39 is 0 Å². The molecule has 0 spiro atoms. The zero-order valence-corrected chi connectivity index (χ0v) is 13.7. The van der Waals surface area contributed by atoms with E-state index >= 15 is 0 Å². The summed E-state index contributed by atoms with van der Waals surface area (Å²) < 4.78 is 10.6. The molecular weight excluding hydrogens is 254 g/mol. The average molecular weight is 275 g/mol. The van der Waals surface area contributed by atoms with E-state index in [4.69, 9.17) is 9.47 Å². The summed E-state index contributed by atoms with van der Waals surface area (Å²) in [6.45, 7) is 6.18. The van der Waals surface area contributed by atoms with E-state index in [1.54, 1.807) is 14.2 Å². The van der Waals surface area contributed by atoms with E-state index in [9.17, 15) is 4.79 Å². The van der Waals surface area contributed by atoms with Gasteiger partial charge in [-0.2, -0.15) is 0 Å². The summed E-state index contributed by atoms with van der Waals surface area (Å²) >= 11 is 0. The van der Waals surface area contributed by atoms with Crippen LogP contribution in [-0.2, 0) is 0 Å². The number of hydrogen-bond acceptors (Lipinski definition) is 3. The predicted octanol–water partition coefficient (Wildman–Crippen LogP) is 3.11. The monoisotopic (exact) mass is 275 g/mol. The van der Waals surface area contributed by atoms with E-state index in [1.807, 2.05) is 19.1 Å².